The third-order valence-corrected chi connectivity index (χ3v) is 4.06. The van der Waals surface area contributed by atoms with Gasteiger partial charge in [-0.15, -0.1) is 0 Å². The summed E-state index contributed by atoms with van der Waals surface area (Å²) in [5.41, 5.74) is 0.531. The highest BCUT2D eigenvalue weighted by Gasteiger charge is 2.12. The molecular weight excluding hydrogens is 451 g/mol. The average molecular weight is 463 g/mol. The molecule has 2 aromatic rings. The van der Waals surface area contributed by atoms with Crippen LogP contribution in [0, 0.1) is 3.57 Å². The van der Waals surface area contributed by atoms with E-state index in [4.69, 9.17) is 4.42 Å². The molecule has 21 heavy (non-hydrogen) atoms. The summed E-state index contributed by atoms with van der Waals surface area (Å²) in [6.07, 6.45) is 1.54. The van der Waals surface area contributed by atoms with Crippen LogP contribution in [0.5, 0.6) is 0 Å². The lowest BCUT2D eigenvalue weighted by Gasteiger charge is -2.07. The summed E-state index contributed by atoms with van der Waals surface area (Å²) >= 11 is 5.40. The molecule has 2 N–H and O–H groups in total. The Morgan fingerprint density at radius 2 is 2.05 bits per heavy atom. The van der Waals surface area contributed by atoms with Crippen LogP contribution in [0.3, 0.4) is 0 Å². The SMILES string of the molecule is O=C(CNC(=O)c1cc(Br)ccc1I)NCc1ccco1. The maximum atomic E-state index is 12.0. The van der Waals surface area contributed by atoms with Gasteiger partial charge in [-0.05, 0) is 52.9 Å². The molecule has 0 aliphatic rings. The zero-order chi connectivity index (χ0) is 15.2. The van der Waals surface area contributed by atoms with Crippen LogP contribution >= 0.6 is 38.5 Å². The molecule has 0 fully saturated rings. The summed E-state index contributed by atoms with van der Waals surface area (Å²) in [5, 5.41) is 5.25. The van der Waals surface area contributed by atoms with E-state index >= 15 is 0 Å². The largest absolute Gasteiger partial charge is 0.467 e. The average Bonchev–Trinajstić information content (AvgIpc) is 2.98. The summed E-state index contributed by atoms with van der Waals surface area (Å²) in [5.74, 6) is 0.106. The molecule has 0 radical (unpaired) electrons. The second-order valence-electron chi connectivity index (χ2n) is 4.16. The van der Waals surface area contributed by atoms with Gasteiger partial charge in [0.05, 0.1) is 24.9 Å². The lowest BCUT2D eigenvalue weighted by molar-refractivity contribution is -0.120. The molecule has 2 amide bonds. The van der Waals surface area contributed by atoms with Crippen molar-refractivity contribution in [2.75, 3.05) is 6.54 Å². The predicted octanol–water partition coefficient (Wildman–Crippen LogP) is 2.69. The van der Waals surface area contributed by atoms with Crippen LogP contribution < -0.4 is 10.6 Å². The number of furan rings is 1. The van der Waals surface area contributed by atoms with Gasteiger partial charge in [0, 0.05) is 8.04 Å². The van der Waals surface area contributed by atoms with Gasteiger partial charge in [-0.3, -0.25) is 9.59 Å². The Balaban J connectivity index is 1.83. The second-order valence-corrected chi connectivity index (χ2v) is 6.24. The molecule has 0 spiro atoms. The molecule has 0 atom stereocenters. The highest BCUT2D eigenvalue weighted by molar-refractivity contribution is 14.1. The quantitative estimate of drug-likeness (QED) is 0.671. The first-order valence-corrected chi connectivity index (χ1v) is 7.96. The number of benzene rings is 1. The topological polar surface area (TPSA) is 71.3 Å². The van der Waals surface area contributed by atoms with Crippen molar-refractivity contribution in [2.45, 2.75) is 6.54 Å². The van der Waals surface area contributed by atoms with Crippen LogP contribution in [0.2, 0.25) is 0 Å². The van der Waals surface area contributed by atoms with E-state index in [0.717, 1.165) is 8.04 Å². The van der Waals surface area contributed by atoms with Gasteiger partial charge in [-0.25, -0.2) is 0 Å². The van der Waals surface area contributed by atoms with Crippen molar-refractivity contribution in [3.05, 3.63) is 56.0 Å². The van der Waals surface area contributed by atoms with Gasteiger partial charge in [0.15, 0.2) is 0 Å². The summed E-state index contributed by atoms with van der Waals surface area (Å²) in [4.78, 5) is 23.7. The summed E-state index contributed by atoms with van der Waals surface area (Å²) in [6, 6.07) is 8.92. The van der Waals surface area contributed by atoms with Gasteiger partial charge >= 0.3 is 0 Å². The van der Waals surface area contributed by atoms with E-state index < -0.39 is 0 Å². The molecule has 0 saturated heterocycles. The number of hydrogen-bond donors (Lipinski definition) is 2. The molecule has 0 aliphatic carbocycles. The lowest BCUT2D eigenvalue weighted by atomic mass is 10.2. The molecule has 1 aromatic heterocycles. The molecule has 7 heteroatoms. The van der Waals surface area contributed by atoms with Crippen molar-refractivity contribution in [1.29, 1.82) is 0 Å². The molecule has 0 aliphatic heterocycles. The highest BCUT2D eigenvalue weighted by atomic mass is 127. The van der Waals surface area contributed by atoms with Crippen molar-refractivity contribution in [3.8, 4) is 0 Å². The summed E-state index contributed by atoms with van der Waals surface area (Å²) in [6.45, 7) is 0.220. The predicted molar refractivity (Wildman–Crippen MR) is 89.7 cm³/mol. The fourth-order valence-electron chi connectivity index (χ4n) is 1.59. The van der Waals surface area contributed by atoms with Crippen molar-refractivity contribution in [1.82, 2.24) is 10.6 Å². The monoisotopic (exact) mass is 462 g/mol. The van der Waals surface area contributed by atoms with Gasteiger partial charge in [0.25, 0.3) is 5.91 Å². The van der Waals surface area contributed by atoms with Crippen LogP contribution in [0.4, 0.5) is 0 Å². The zero-order valence-corrected chi connectivity index (χ0v) is 14.6. The normalized spacial score (nSPS) is 10.2. The molecular formula is C14H12BrIN2O3. The Kier molecular flexibility index (Phi) is 5.80. The summed E-state index contributed by atoms with van der Waals surface area (Å²) in [7, 11) is 0. The minimum Gasteiger partial charge on any atom is -0.467 e. The Morgan fingerprint density at radius 1 is 1.24 bits per heavy atom. The van der Waals surface area contributed by atoms with Gasteiger partial charge in [0.2, 0.25) is 5.91 Å². The standard InChI is InChI=1S/C14H12BrIN2O3/c15-9-3-4-12(16)11(6-9)14(20)18-8-13(19)17-7-10-2-1-5-21-10/h1-6H,7-8H2,(H,17,19)(H,18,20). The number of amides is 2. The fraction of sp³-hybridized carbons (Fsp3) is 0.143. The third-order valence-electron chi connectivity index (χ3n) is 2.62. The third kappa shape index (κ3) is 4.85. The van der Waals surface area contributed by atoms with E-state index in [1.165, 1.54) is 0 Å². The Bertz CT molecular complexity index is 644. The van der Waals surface area contributed by atoms with Crippen molar-refractivity contribution in [3.63, 3.8) is 0 Å². The summed E-state index contributed by atoms with van der Waals surface area (Å²) < 4.78 is 6.74. The number of halogens is 2. The van der Waals surface area contributed by atoms with Crippen molar-refractivity contribution >= 4 is 50.3 Å². The van der Waals surface area contributed by atoms with Crippen LogP contribution in [0.1, 0.15) is 16.1 Å². The highest BCUT2D eigenvalue weighted by Crippen LogP contribution is 2.18. The van der Waals surface area contributed by atoms with E-state index in [-0.39, 0.29) is 18.4 Å². The minimum absolute atomic E-state index is 0.0812. The minimum atomic E-state index is -0.283. The van der Waals surface area contributed by atoms with Gasteiger partial charge in [-0.1, -0.05) is 15.9 Å². The number of hydrogen-bond acceptors (Lipinski definition) is 3. The molecule has 0 saturated carbocycles. The van der Waals surface area contributed by atoms with E-state index in [1.54, 1.807) is 24.5 Å². The van der Waals surface area contributed by atoms with E-state index in [9.17, 15) is 9.59 Å². The first-order valence-electron chi connectivity index (χ1n) is 6.08. The molecule has 0 unspecified atom stereocenters. The van der Waals surface area contributed by atoms with Gasteiger partial charge < -0.3 is 15.1 Å². The Morgan fingerprint density at radius 3 is 2.76 bits per heavy atom. The molecule has 110 valence electrons. The number of carbonyl (C=O) groups excluding carboxylic acids is 2. The van der Waals surface area contributed by atoms with E-state index in [0.29, 0.717) is 17.9 Å². The van der Waals surface area contributed by atoms with Crippen LogP contribution in [0.15, 0.2) is 45.5 Å². The number of rotatable bonds is 5. The zero-order valence-electron chi connectivity index (χ0n) is 10.9. The molecule has 1 aromatic carbocycles. The Hall–Kier alpha value is -1.35. The molecule has 0 bridgehead atoms. The maximum absolute atomic E-state index is 12.0. The fourth-order valence-corrected chi connectivity index (χ4v) is 2.53. The van der Waals surface area contributed by atoms with E-state index in [1.807, 2.05) is 12.1 Å². The van der Waals surface area contributed by atoms with Gasteiger partial charge in [0.1, 0.15) is 5.76 Å². The molecule has 2 rings (SSSR count). The number of nitrogens with one attached hydrogen (secondary N) is 2. The lowest BCUT2D eigenvalue weighted by Crippen LogP contribution is -2.36. The smallest absolute Gasteiger partial charge is 0.252 e. The van der Waals surface area contributed by atoms with Crippen LogP contribution in [0.25, 0.3) is 0 Å². The number of carbonyl (C=O) groups is 2. The molecule has 1 heterocycles. The second kappa shape index (κ2) is 7.60. The van der Waals surface area contributed by atoms with E-state index in [2.05, 4.69) is 49.2 Å². The van der Waals surface area contributed by atoms with Gasteiger partial charge in [-0.2, -0.15) is 0 Å². The van der Waals surface area contributed by atoms with Crippen LogP contribution in [-0.2, 0) is 11.3 Å². The Labute approximate surface area is 143 Å². The maximum Gasteiger partial charge on any atom is 0.252 e. The first-order chi connectivity index (χ1) is 10.1. The molecule has 5 nitrogen and oxygen atoms in total. The van der Waals surface area contributed by atoms with Crippen molar-refractivity contribution in [2.24, 2.45) is 0 Å². The van der Waals surface area contributed by atoms with Crippen LogP contribution in [-0.4, -0.2) is 18.4 Å². The van der Waals surface area contributed by atoms with Crippen molar-refractivity contribution < 1.29 is 14.0 Å². The first kappa shape index (κ1) is 16.0.